The van der Waals surface area contributed by atoms with Gasteiger partial charge in [-0.1, -0.05) is 53.3 Å². The van der Waals surface area contributed by atoms with E-state index in [4.69, 9.17) is 11.6 Å². The Labute approximate surface area is 176 Å². The number of amidine groups is 1. The van der Waals surface area contributed by atoms with Crippen molar-refractivity contribution in [2.45, 2.75) is 18.7 Å². The number of amides is 1. The molecule has 1 amide bonds. The molecule has 0 saturated carbocycles. The number of rotatable bonds is 3. The lowest BCUT2D eigenvalue weighted by molar-refractivity contribution is -0.115. The third-order valence-electron chi connectivity index (χ3n) is 4.19. The van der Waals surface area contributed by atoms with Crippen LogP contribution in [-0.2, 0) is 4.79 Å². The molecule has 4 rings (SSSR count). The zero-order valence-corrected chi connectivity index (χ0v) is 17.7. The lowest BCUT2D eigenvalue weighted by atomic mass is 10.3. The fourth-order valence-electron chi connectivity index (χ4n) is 2.88. The second-order valence-corrected chi connectivity index (χ2v) is 8.66. The molecule has 1 fully saturated rings. The molecule has 2 aliphatic heterocycles. The SMILES string of the molecule is CC1=Nc2ccc(Cl)cc2S/C1=C(/C)N/N=C1\SCC(=O)N1c1ccccc1. The molecular weight excluding hydrogens is 412 g/mol. The van der Waals surface area contributed by atoms with Crippen molar-refractivity contribution in [1.29, 1.82) is 0 Å². The van der Waals surface area contributed by atoms with E-state index >= 15 is 0 Å². The van der Waals surface area contributed by atoms with Crippen LogP contribution in [0.25, 0.3) is 0 Å². The number of benzene rings is 2. The van der Waals surface area contributed by atoms with Gasteiger partial charge in [-0.3, -0.25) is 20.1 Å². The minimum Gasteiger partial charge on any atom is -0.279 e. The molecule has 0 unspecified atom stereocenters. The van der Waals surface area contributed by atoms with Crippen molar-refractivity contribution in [3.63, 3.8) is 0 Å². The Hall–Kier alpha value is -2.22. The highest BCUT2D eigenvalue weighted by Crippen LogP contribution is 2.42. The number of nitrogens with one attached hydrogen (secondary N) is 1. The van der Waals surface area contributed by atoms with Crippen LogP contribution in [0.5, 0.6) is 0 Å². The average Bonchev–Trinajstić information content (AvgIpc) is 3.07. The molecule has 1 N–H and O–H groups in total. The number of aliphatic imine (C=N–C) groups is 1. The fourth-order valence-corrected chi connectivity index (χ4v) is 4.96. The Kier molecular flexibility index (Phi) is 5.48. The quantitative estimate of drug-likeness (QED) is 0.664. The van der Waals surface area contributed by atoms with Crippen molar-refractivity contribution in [2.24, 2.45) is 10.1 Å². The topological polar surface area (TPSA) is 57.1 Å². The molecule has 0 aromatic heterocycles. The largest absolute Gasteiger partial charge is 0.279 e. The zero-order valence-electron chi connectivity index (χ0n) is 15.3. The summed E-state index contributed by atoms with van der Waals surface area (Å²) in [5, 5.41) is 5.82. The predicted octanol–water partition coefficient (Wildman–Crippen LogP) is 5.41. The fraction of sp³-hybridized carbons (Fsp3) is 0.150. The van der Waals surface area contributed by atoms with Gasteiger partial charge >= 0.3 is 0 Å². The number of halogens is 1. The van der Waals surface area contributed by atoms with E-state index in [9.17, 15) is 4.79 Å². The molecule has 2 aromatic carbocycles. The van der Waals surface area contributed by atoms with Gasteiger partial charge in [-0.05, 0) is 44.2 Å². The van der Waals surface area contributed by atoms with Crippen LogP contribution in [-0.4, -0.2) is 22.5 Å². The van der Waals surface area contributed by atoms with E-state index < -0.39 is 0 Å². The minimum absolute atomic E-state index is 0.0235. The maximum atomic E-state index is 12.3. The first kappa shape index (κ1) is 19.1. The van der Waals surface area contributed by atoms with E-state index in [2.05, 4.69) is 15.5 Å². The molecule has 0 aliphatic carbocycles. The first-order valence-electron chi connectivity index (χ1n) is 8.61. The number of para-hydroxylation sites is 1. The van der Waals surface area contributed by atoms with Gasteiger partial charge in [-0.15, -0.1) is 5.10 Å². The van der Waals surface area contributed by atoms with Gasteiger partial charge in [-0.25, -0.2) is 0 Å². The third-order valence-corrected chi connectivity index (χ3v) is 6.70. The Morgan fingerprint density at radius 3 is 2.82 bits per heavy atom. The molecule has 0 radical (unpaired) electrons. The molecule has 5 nitrogen and oxygen atoms in total. The average molecular weight is 429 g/mol. The number of anilines is 1. The van der Waals surface area contributed by atoms with E-state index in [1.807, 2.05) is 62.4 Å². The molecular formula is C20H17ClN4OS2. The smallest absolute Gasteiger partial charge is 0.243 e. The summed E-state index contributed by atoms with van der Waals surface area (Å²) in [4.78, 5) is 20.6. The van der Waals surface area contributed by atoms with Crippen LogP contribution in [0.1, 0.15) is 13.8 Å². The number of carbonyl (C=O) groups excluding carboxylic acids is 1. The van der Waals surface area contributed by atoms with Crippen LogP contribution in [0.3, 0.4) is 0 Å². The summed E-state index contributed by atoms with van der Waals surface area (Å²) in [5.74, 6) is 0.405. The minimum atomic E-state index is 0.0235. The Bertz CT molecular complexity index is 1030. The van der Waals surface area contributed by atoms with Crippen LogP contribution in [0.2, 0.25) is 5.02 Å². The number of hydrazone groups is 1. The van der Waals surface area contributed by atoms with Crippen LogP contribution in [0.15, 0.2) is 74.1 Å². The maximum absolute atomic E-state index is 12.3. The van der Waals surface area contributed by atoms with Crippen molar-refractivity contribution in [2.75, 3.05) is 10.7 Å². The number of hydrogen-bond donors (Lipinski definition) is 1. The highest BCUT2D eigenvalue weighted by atomic mass is 35.5. The standard InChI is InChI=1S/C20H17ClN4OS2/c1-12-19(28-17-10-14(21)8-9-16(17)22-12)13(2)23-24-20-25(18(26)11-27-20)15-6-4-3-5-7-15/h3-10,23H,11H2,1-2H3/b19-13-,24-20-. The van der Waals surface area contributed by atoms with E-state index in [0.29, 0.717) is 15.9 Å². The van der Waals surface area contributed by atoms with Crippen LogP contribution in [0.4, 0.5) is 11.4 Å². The van der Waals surface area contributed by atoms with Gasteiger partial charge in [0, 0.05) is 15.6 Å². The third kappa shape index (κ3) is 3.83. The molecule has 0 bridgehead atoms. The number of nitrogens with zero attached hydrogens (tertiary/aromatic N) is 3. The Morgan fingerprint density at radius 2 is 2.04 bits per heavy atom. The molecule has 0 spiro atoms. The van der Waals surface area contributed by atoms with Gasteiger partial charge in [-0.2, -0.15) is 0 Å². The van der Waals surface area contributed by atoms with Gasteiger partial charge in [0.2, 0.25) is 5.91 Å². The summed E-state index contributed by atoms with van der Waals surface area (Å²) >= 11 is 9.15. The van der Waals surface area contributed by atoms with Crippen molar-refractivity contribution in [3.05, 3.63) is 64.2 Å². The van der Waals surface area contributed by atoms with E-state index in [1.165, 1.54) is 11.8 Å². The molecule has 142 valence electrons. The van der Waals surface area contributed by atoms with Crippen LogP contribution < -0.4 is 10.3 Å². The molecule has 1 saturated heterocycles. The summed E-state index contributed by atoms with van der Waals surface area (Å²) < 4.78 is 0. The summed E-state index contributed by atoms with van der Waals surface area (Å²) in [5.41, 5.74) is 6.63. The van der Waals surface area contributed by atoms with Crippen molar-refractivity contribution < 1.29 is 4.79 Å². The molecule has 2 aliphatic rings. The number of thioether (sulfide) groups is 2. The van der Waals surface area contributed by atoms with Gasteiger partial charge in [0.25, 0.3) is 0 Å². The first-order chi connectivity index (χ1) is 13.5. The van der Waals surface area contributed by atoms with E-state index in [0.717, 1.165) is 32.6 Å². The number of fused-ring (bicyclic) bond motifs is 1. The molecule has 2 heterocycles. The summed E-state index contributed by atoms with van der Waals surface area (Å²) in [6, 6.07) is 15.2. The van der Waals surface area contributed by atoms with Crippen molar-refractivity contribution >= 4 is 63.3 Å². The van der Waals surface area contributed by atoms with Crippen LogP contribution in [0, 0.1) is 0 Å². The van der Waals surface area contributed by atoms with E-state index in [-0.39, 0.29) is 5.91 Å². The molecule has 0 atom stereocenters. The van der Waals surface area contributed by atoms with Gasteiger partial charge < -0.3 is 0 Å². The molecule has 28 heavy (non-hydrogen) atoms. The van der Waals surface area contributed by atoms with E-state index in [1.54, 1.807) is 16.7 Å². The van der Waals surface area contributed by atoms with Gasteiger partial charge in [0.1, 0.15) is 0 Å². The lowest BCUT2D eigenvalue weighted by Gasteiger charge is -2.19. The lowest BCUT2D eigenvalue weighted by Crippen LogP contribution is -2.30. The predicted molar refractivity (Wildman–Crippen MR) is 120 cm³/mol. The highest BCUT2D eigenvalue weighted by molar-refractivity contribution is 8.15. The Balaban J connectivity index is 1.59. The number of carbonyl (C=O) groups is 1. The normalized spacial score (nSPS) is 19.5. The van der Waals surface area contributed by atoms with Crippen molar-refractivity contribution in [1.82, 2.24) is 5.43 Å². The second-order valence-electron chi connectivity index (χ2n) is 6.23. The summed E-state index contributed by atoms with van der Waals surface area (Å²) in [6.45, 7) is 3.93. The van der Waals surface area contributed by atoms with Crippen molar-refractivity contribution in [3.8, 4) is 0 Å². The number of hydrogen-bond acceptors (Lipinski definition) is 6. The Morgan fingerprint density at radius 1 is 1.25 bits per heavy atom. The summed E-state index contributed by atoms with van der Waals surface area (Å²) in [6.07, 6.45) is 0. The van der Waals surface area contributed by atoms with Crippen LogP contribution >= 0.6 is 35.1 Å². The monoisotopic (exact) mass is 428 g/mol. The number of allylic oxidation sites excluding steroid dienone is 2. The maximum Gasteiger partial charge on any atom is 0.243 e. The first-order valence-corrected chi connectivity index (χ1v) is 10.8. The van der Waals surface area contributed by atoms with Gasteiger partial charge in [0.15, 0.2) is 5.17 Å². The summed E-state index contributed by atoms with van der Waals surface area (Å²) in [7, 11) is 0. The zero-order chi connectivity index (χ0) is 19.7. The highest BCUT2D eigenvalue weighted by Gasteiger charge is 2.30. The molecule has 2 aromatic rings. The molecule has 8 heteroatoms. The van der Waals surface area contributed by atoms with Gasteiger partial charge in [0.05, 0.1) is 27.7 Å². The second kappa shape index (κ2) is 8.03.